The zero-order valence-corrected chi connectivity index (χ0v) is 13.6. The minimum atomic E-state index is -0.526. The molecule has 0 aliphatic carbocycles. The minimum Gasteiger partial charge on any atom is -0.444 e. The number of halogens is 2. The highest BCUT2D eigenvalue weighted by Crippen LogP contribution is 2.18. The van der Waals surface area contributed by atoms with E-state index < -0.39 is 11.7 Å². The number of rotatable bonds is 5. The lowest BCUT2D eigenvalue weighted by molar-refractivity contribution is 0.0523. The quantitative estimate of drug-likeness (QED) is 0.874. The lowest BCUT2D eigenvalue weighted by Crippen LogP contribution is -2.41. The molecule has 0 aromatic heterocycles. The van der Waals surface area contributed by atoms with Gasteiger partial charge in [0.15, 0.2) is 0 Å². The van der Waals surface area contributed by atoms with Gasteiger partial charge in [-0.15, -0.1) is 0 Å². The van der Waals surface area contributed by atoms with E-state index in [-0.39, 0.29) is 11.9 Å². The van der Waals surface area contributed by atoms with Crippen molar-refractivity contribution in [3.63, 3.8) is 0 Å². The number of nitrogens with one attached hydrogen (secondary N) is 2. The van der Waals surface area contributed by atoms with E-state index in [2.05, 4.69) is 10.6 Å². The average Bonchev–Trinajstić information content (AvgIpc) is 2.33. The summed E-state index contributed by atoms with van der Waals surface area (Å²) in [6.45, 7) is 7.95. The van der Waals surface area contributed by atoms with Gasteiger partial charge in [0.05, 0.1) is 0 Å². The van der Waals surface area contributed by atoms with Crippen molar-refractivity contribution in [3.05, 3.63) is 34.6 Å². The van der Waals surface area contributed by atoms with E-state index in [1.54, 1.807) is 32.9 Å². The van der Waals surface area contributed by atoms with Gasteiger partial charge in [-0.3, -0.25) is 0 Å². The Morgan fingerprint density at radius 1 is 1.43 bits per heavy atom. The molecule has 2 N–H and O–H groups in total. The second kappa shape index (κ2) is 7.61. The molecule has 1 atom stereocenters. The number of benzene rings is 1. The van der Waals surface area contributed by atoms with E-state index in [0.29, 0.717) is 23.7 Å². The maximum Gasteiger partial charge on any atom is 0.407 e. The normalized spacial score (nSPS) is 12.9. The maximum absolute atomic E-state index is 13.6. The fraction of sp³-hybridized carbons (Fsp3) is 0.533. The second-order valence-electron chi connectivity index (χ2n) is 5.86. The van der Waals surface area contributed by atoms with E-state index in [1.165, 1.54) is 6.07 Å². The zero-order chi connectivity index (χ0) is 16.0. The number of alkyl carbamates (subject to hydrolysis) is 1. The molecular weight excluding hydrogens is 295 g/mol. The Labute approximate surface area is 130 Å². The lowest BCUT2D eigenvalue weighted by Gasteiger charge is -2.21. The van der Waals surface area contributed by atoms with Gasteiger partial charge in [0.1, 0.15) is 11.4 Å². The van der Waals surface area contributed by atoms with Crippen LogP contribution in [0, 0.1) is 5.82 Å². The molecule has 6 heteroatoms. The predicted molar refractivity (Wildman–Crippen MR) is 81.9 cm³/mol. The lowest BCUT2D eigenvalue weighted by atomic mass is 10.2. The van der Waals surface area contributed by atoms with Gasteiger partial charge >= 0.3 is 6.09 Å². The Kier molecular flexibility index (Phi) is 6.42. The molecule has 0 aliphatic heterocycles. The molecule has 1 amide bonds. The van der Waals surface area contributed by atoms with Crippen molar-refractivity contribution < 1.29 is 13.9 Å². The minimum absolute atomic E-state index is 0.0480. The summed E-state index contributed by atoms with van der Waals surface area (Å²) >= 11 is 5.94. The van der Waals surface area contributed by atoms with Crippen LogP contribution in [-0.2, 0) is 11.3 Å². The van der Waals surface area contributed by atoms with Crippen molar-refractivity contribution in [3.8, 4) is 0 Å². The van der Waals surface area contributed by atoms with Gasteiger partial charge in [-0.05, 0) is 39.8 Å². The summed E-state index contributed by atoms with van der Waals surface area (Å²) in [7, 11) is 0. The third kappa shape index (κ3) is 6.78. The van der Waals surface area contributed by atoms with Crippen LogP contribution in [-0.4, -0.2) is 24.3 Å². The highest BCUT2D eigenvalue weighted by atomic mass is 35.5. The van der Waals surface area contributed by atoms with Gasteiger partial charge in [-0.2, -0.15) is 0 Å². The Balaban J connectivity index is 2.38. The van der Waals surface area contributed by atoms with E-state index in [1.807, 2.05) is 6.92 Å². The van der Waals surface area contributed by atoms with E-state index in [0.717, 1.165) is 0 Å². The van der Waals surface area contributed by atoms with Crippen LogP contribution in [0.5, 0.6) is 0 Å². The van der Waals surface area contributed by atoms with E-state index >= 15 is 0 Å². The van der Waals surface area contributed by atoms with Gasteiger partial charge < -0.3 is 15.4 Å². The Morgan fingerprint density at radius 2 is 2.10 bits per heavy atom. The smallest absolute Gasteiger partial charge is 0.407 e. The number of ether oxygens (including phenoxy) is 1. The van der Waals surface area contributed by atoms with Crippen LogP contribution in [0.4, 0.5) is 9.18 Å². The first kappa shape index (κ1) is 17.7. The van der Waals surface area contributed by atoms with Crippen molar-refractivity contribution >= 4 is 17.7 Å². The van der Waals surface area contributed by atoms with Gasteiger partial charge in [0.2, 0.25) is 0 Å². The maximum atomic E-state index is 13.6. The number of amides is 1. The Morgan fingerprint density at radius 3 is 2.67 bits per heavy atom. The van der Waals surface area contributed by atoms with Crippen molar-refractivity contribution in [2.75, 3.05) is 6.54 Å². The second-order valence-corrected chi connectivity index (χ2v) is 6.27. The fourth-order valence-corrected chi connectivity index (χ4v) is 1.83. The summed E-state index contributed by atoms with van der Waals surface area (Å²) < 4.78 is 18.7. The summed E-state index contributed by atoms with van der Waals surface area (Å²) in [5.74, 6) is -0.345. The standard InChI is InChI=1S/C15H22ClFN2O2/c1-10(8-19-14(20)21-15(2,3)4)18-9-11-12(16)6-5-7-13(11)17/h5-7,10,18H,8-9H2,1-4H3,(H,19,20). The number of carbonyl (C=O) groups is 1. The van der Waals surface area contributed by atoms with Gasteiger partial charge in [-0.1, -0.05) is 17.7 Å². The molecule has 0 spiro atoms. The molecule has 0 heterocycles. The molecular formula is C15H22ClFN2O2. The Bertz CT molecular complexity index is 469. The molecule has 1 unspecified atom stereocenters. The zero-order valence-electron chi connectivity index (χ0n) is 12.8. The van der Waals surface area contributed by atoms with Crippen LogP contribution in [0.25, 0.3) is 0 Å². The van der Waals surface area contributed by atoms with Crippen LogP contribution < -0.4 is 10.6 Å². The SMILES string of the molecule is CC(CNC(=O)OC(C)(C)C)NCc1c(F)cccc1Cl. The molecule has 0 radical (unpaired) electrons. The third-order valence-corrected chi connectivity index (χ3v) is 2.99. The van der Waals surface area contributed by atoms with E-state index in [9.17, 15) is 9.18 Å². The van der Waals surface area contributed by atoms with Crippen LogP contribution in [0.1, 0.15) is 33.3 Å². The third-order valence-electron chi connectivity index (χ3n) is 2.64. The first-order valence-electron chi connectivity index (χ1n) is 6.82. The van der Waals surface area contributed by atoms with Crippen molar-refractivity contribution in [1.82, 2.24) is 10.6 Å². The molecule has 1 aromatic rings. The van der Waals surface area contributed by atoms with Crippen molar-refractivity contribution in [1.29, 1.82) is 0 Å². The molecule has 0 bridgehead atoms. The highest BCUT2D eigenvalue weighted by Gasteiger charge is 2.16. The summed E-state index contributed by atoms with van der Waals surface area (Å²) in [6, 6.07) is 4.53. The number of hydrogen-bond acceptors (Lipinski definition) is 3. The topological polar surface area (TPSA) is 50.4 Å². The van der Waals surface area contributed by atoms with Crippen LogP contribution in [0.15, 0.2) is 18.2 Å². The Hall–Kier alpha value is -1.33. The molecule has 118 valence electrons. The van der Waals surface area contributed by atoms with Crippen LogP contribution in [0.3, 0.4) is 0 Å². The van der Waals surface area contributed by atoms with Crippen molar-refractivity contribution in [2.24, 2.45) is 0 Å². The first-order valence-corrected chi connectivity index (χ1v) is 7.20. The van der Waals surface area contributed by atoms with Gasteiger partial charge in [-0.25, -0.2) is 9.18 Å². The summed E-state index contributed by atoms with van der Waals surface area (Å²) in [6.07, 6.45) is -0.472. The van der Waals surface area contributed by atoms with E-state index in [4.69, 9.17) is 16.3 Å². The molecule has 0 aliphatic rings. The molecule has 1 rings (SSSR count). The van der Waals surface area contributed by atoms with Crippen LogP contribution >= 0.6 is 11.6 Å². The predicted octanol–water partition coefficient (Wildman–Crippen LogP) is 3.48. The average molecular weight is 317 g/mol. The summed E-state index contributed by atoms with van der Waals surface area (Å²) in [4.78, 5) is 11.5. The molecule has 4 nitrogen and oxygen atoms in total. The molecule has 0 saturated heterocycles. The highest BCUT2D eigenvalue weighted by molar-refractivity contribution is 6.31. The van der Waals surface area contributed by atoms with Crippen LogP contribution in [0.2, 0.25) is 5.02 Å². The largest absolute Gasteiger partial charge is 0.444 e. The monoisotopic (exact) mass is 316 g/mol. The van der Waals surface area contributed by atoms with Gasteiger partial charge in [0, 0.05) is 29.7 Å². The summed E-state index contributed by atoms with van der Waals surface area (Å²) in [5, 5.41) is 6.14. The number of carbonyl (C=O) groups excluding carboxylic acids is 1. The summed E-state index contributed by atoms with van der Waals surface area (Å²) in [5.41, 5.74) is -0.107. The molecule has 0 fully saturated rings. The fourth-order valence-electron chi connectivity index (χ4n) is 1.60. The molecule has 21 heavy (non-hydrogen) atoms. The first-order chi connectivity index (χ1) is 9.69. The molecule has 0 saturated carbocycles. The molecule has 1 aromatic carbocycles. The van der Waals surface area contributed by atoms with Crippen molar-refractivity contribution in [2.45, 2.75) is 45.9 Å². The number of hydrogen-bond donors (Lipinski definition) is 2. The van der Waals surface area contributed by atoms with Gasteiger partial charge in [0.25, 0.3) is 0 Å².